The molecule has 3 nitrogen and oxygen atoms in total. The maximum Gasteiger partial charge on any atom is 0.231 e. The first kappa shape index (κ1) is 16.6. The van der Waals surface area contributed by atoms with Crippen molar-refractivity contribution in [1.82, 2.24) is 0 Å². The van der Waals surface area contributed by atoms with E-state index in [0.29, 0.717) is 13.1 Å². The summed E-state index contributed by atoms with van der Waals surface area (Å²) in [5.74, 6) is 0.148. The number of hydrogen-bond acceptors (Lipinski definition) is 2. The molecule has 24 heavy (non-hydrogen) atoms. The SMILES string of the molecule is Cc1cc(C)c(C)c(CN2C(=O)[C@@H](C)CNc3ccccc32)c1C. The Balaban J connectivity index is 2.10. The minimum atomic E-state index is -0.0380. The van der Waals surface area contributed by atoms with Crippen molar-refractivity contribution < 1.29 is 4.79 Å². The van der Waals surface area contributed by atoms with Gasteiger partial charge in [0.25, 0.3) is 0 Å². The van der Waals surface area contributed by atoms with Crippen LogP contribution in [-0.4, -0.2) is 12.5 Å². The second-order valence-corrected chi connectivity index (χ2v) is 6.96. The summed E-state index contributed by atoms with van der Waals surface area (Å²) in [7, 11) is 0. The van der Waals surface area contributed by atoms with E-state index in [-0.39, 0.29) is 11.8 Å². The molecule has 0 bridgehead atoms. The number of hydrogen-bond donors (Lipinski definition) is 1. The minimum Gasteiger partial charge on any atom is -0.383 e. The van der Waals surface area contributed by atoms with Gasteiger partial charge in [0.2, 0.25) is 5.91 Å². The zero-order chi connectivity index (χ0) is 17.4. The summed E-state index contributed by atoms with van der Waals surface area (Å²) in [6, 6.07) is 10.3. The highest BCUT2D eigenvalue weighted by Gasteiger charge is 2.28. The van der Waals surface area contributed by atoms with Crippen molar-refractivity contribution in [1.29, 1.82) is 0 Å². The molecule has 1 heterocycles. The quantitative estimate of drug-likeness (QED) is 0.882. The van der Waals surface area contributed by atoms with Crippen molar-refractivity contribution in [3.8, 4) is 0 Å². The van der Waals surface area contributed by atoms with Crippen LogP contribution in [0.4, 0.5) is 11.4 Å². The highest BCUT2D eigenvalue weighted by atomic mass is 16.2. The molecule has 0 fully saturated rings. The van der Waals surface area contributed by atoms with Crippen LogP contribution in [0.5, 0.6) is 0 Å². The normalized spacial score (nSPS) is 17.3. The summed E-state index contributed by atoms with van der Waals surface area (Å²) >= 11 is 0. The molecular formula is C21H26N2O. The van der Waals surface area contributed by atoms with E-state index >= 15 is 0 Å². The van der Waals surface area contributed by atoms with Gasteiger partial charge in [-0.05, 0) is 67.6 Å². The Morgan fingerprint density at radius 2 is 1.71 bits per heavy atom. The van der Waals surface area contributed by atoms with Crippen LogP contribution in [-0.2, 0) is 11.3 Å². The highest BCUT2D eigenvalue weighted by molar-refractivity contribution is 5.99. The molecule has 1 atom stereocenters. The van der Waals surface area contributed by atoms with Crippen molar-refractivity contribution in [2.24, 2.45) is 5.92 Å². The lowest BCUT2D eigenvalue weighted by Gasteiger charge is -2.27. The van der Waals surface area contributed by atoms with Crippen molar-refractivity contribution in [2.75, 3.05) is 16.8 Å². The monoisotopic (exact) mass is 322 g/mol. The van der Waals surface area contributed by atoms with Gasteiger partial charge in [-0.2, -0.15) is 0 Å². The van der Waals surface area contributed by atoms with Gasteiger partial charge in [0.05, 0.1) is 23.8 Å². The lowest BCUT2D eigenvalue weighted by Crippen LogP contribution is -2.35. The van der Waals surface area contributed by atoms with E-state index in [9.17, 15) is 4.79 Å². The predicted molar refractivity (Wildman–Crippen MR) is 101 cm³/mol. The van der Waals surface area contributed by atoms with Crippen LogP contribution < -0.4 is 10.2 Å². The standard InChI is InChI=1S/C21H26N2O/c1-13-10-14(2)17(5)18(16(13)4)12-23-20-9-7-6-8-19(20)22-11-15(3)21(23)24/h6-10,15,22H,11-12H2,1-5H3/t15-/m0/s1. The van der Waals surface area contributed by atoms with Gasteiger partial charge in [-0.15, -0.1) is 0 Å². The summed E-state index contributed by atoms with van der Waals surface area (Å²) in [6.07, 6.45) is 0. The van der Waals surface area contributed by atoms with E-state index < -0.39 is 0 Å². The maximum atomic E-state index is 13.0. The average Bonchev–Trinajstić information content (AvgIpc) is 2.68. The highest BCUT2D eigenvalue weighted by Crippen LogP contribution is 2.33. The molecule has 0 saturated carbocycles. The van der Waals surface area contributed by atoms with Gasteiger partial charge in [-0.3, -0.25) is 4.79 Å². The Morgan fingerprint density at radius 3 is 2.38 bits per heavy atom. The Morgan fingerprint density at radius 1 is 1.08 bits per heavy atom. The van der Waals surface area contributed by atoms with Crippen LogP contribution in [0, 0.1) is 33.6 Å². The van der Waals surface area contributed by atoms with Gasteiger partial charge in [-0.1, -0.05) is 25.1 Å². The third kappa shape index (κ3) is 2.79. The van der Waals surface area contributed by atoms with E-state index in [0.717, 1.165) is 11.4 Å². The molecule has 126 valence electrons. The third-order valence-corrected chi connectivity index (χ3v) is 5.32. The molecule has 1 aliphatic heterocycles. The fourth-order valence-electron chi connectivity index (χ4n) is 3.45. The largest absolute Gasteiger partial charge is 0.383 e. The van der Waals surface area contributed by atoms with E-state index in [2.05, 4.69) is 45.1 Å². The molecule has 0 aromatic heterocycles. The molecular weight excluding hydrogens is 296 g/mol. The number of carbonyl (C=O) groups excluding carboxylic acids is 1. The van der Waals surface area contributed by atoms with Gasteiger partial charge in [0.15, 0.2) is 0 Å². The van der Waals surface area contributed by atoms with E-state index in [1.165, 1.54) is 27.8 Å². The zero-order valence-corrected chi connectivity index (χ0v) is 15.2. The fourth-order valence-corrected chi connectivity index (χ4v) is 3.45. The van der Waals surface area contributed by atoms with Crippen molar-refractivity contribution in [2.45, 2.75) is 41.2 Å². The maximum absolute atomic E-state index is 13.0. The van der Waals surface area contributed by atoms with Gasteiger partial charge < -0.3 is 10.2 Å². The first-order valence-electron chi connectivity index (χ1n) is 8.60. The van der Waals surface area contributed by atoms with E-state index in [4.69, 9.17) is 0 Å². The second kappa shape index (κ2) is 6.31. The summed E-state index contributed by atoms with van der Waals surface area (Å²) in [6.45, 7) is 11.9. The third-order valence-electron chi connectivity index (χ3n) is 5.32. The minimum absolute atomic E-state index is 0.0380. The molecule has 0 unspecified atom stereocenters. The number of amides is 1. The fraction of sp³-hybridized carbons (Fsp3) is 0.381. The van der Waals surface area contributed by atoms with E-state index in [1.54, 1.807) is 0 Å². The van der Waals surface area contributed by atoms with Crippen molar-refractivity contribution >= 4 is 17.3 Å². The Kier molecular flexibility index (Phi) is 4.35. The van der Waals surface area contributed by atoms with Crippen LogP contribution in [0.1, 0.15) is 34.7 Å². The van der Waals surface area contributed by atoms with Gasteiger partial charge in [0, 0.05) is 6.54 Å². The summed E-state index contributed by atoms with van der Waals surface area (Å²) in [4.78, 5) is 14.9. The molecule has 3 heteroatoms. The lowest BCUT2D eigenvalue weighted by atomic mass is 9.93. The second-order valence-electron chi connectivity index (χ2n) is 6.96. The Labute approximate surface area is 144 Å². The molecule has 2 aromatic carbocycles. The molecule has 3 rings (SSSR count). The molecule has 0 aliphatic carbocycles. The number of anilines is 2. The smallest absolute Gasteiger partial charge is 0.231 e. The molecule has 0 radical (unpaired) electrons. The number of fused-ring (bicyclic) bond motifs is 1. The van der Waals surface area contributed by atoms with Crippen molar-refractivity contribution in [3.63, 3.8) is 0 Å². The summed E-state index contributed by atoms with van der Waals surface area (Å²) in [5.41, 5.74) is 8.43. The van der Waals surface area contributed by atoms with Gasteiger partial charge in [-0.25, -0.2) is 0 Å². The Bertz CT molecular complexity index is 768. The molecule has 0 spiro atoms. The average molecular weight is 322 g/mol. The number of carbonyl (C=O) groups is 1. The molecule has 0 saturated heterocycles. The molecule has 2 aromatic rings. The molecule has 1 aliphatic rings. The van der Waals surface area contributed by atoms with Crippen LogP contribution in [0.15, 0.2) is 30.3 Å². The van der Waals surface area contributed by atoms with Gasteiger partial charge >= 0.3 is 0 Å². The Hall–Kier alpha value is -2.29. The number of aryl methyl sites for hydroxylation is 2. The van der Waals surface area contributed by atoms with Crippen LogP contribution in [0.2, 0.25) is 0 Å². The lowest BCUT2D eigenvalue weighted by molar-refractivity contribution is -0.121. The first-order valence-corrected chi connectivity index (χ1v) is 8.60. The van der Waals surface area contributed by atoms with Crippen molar-refractivity contribution in [3.05, 3.63) is 58.1 Å². The molecule has 1 N–H and O–H groups in total. The molecule has 1 amide bonds. The van der Waals surface area contributed by atoms with Crippen LogP contribution in [0.3, 0.4) is 0 Å². The van der Waals surface area contributed by atoms with Gasteiger partial charge in [0.1, 0.15) is 0 Å². The number of nitrogens with zero attached hydrogens (tertiary/aromatic N) is 1. The predicted octanol–water partition coefficient (Wildman–Crippen LogP) is 4.52. The number of rotatable bonds is 2. The van der Waals surface area contributed by atoms with Crippen LogP contribution >= 0.6 is 0 Å². The van der Waals surface area contributed by atoms with Crippen LogP contribution in [0.25, 0.3) is 0 Å². The topological polar surface area (TPSA) is 32.3 Å². The number of benzene rings is 2. The summed E-state index contributed by atoms with van der Waals surface area (Å²) < 4.78 is 0. The first-order chi connectivity index (χ1) is 11.4. The van der Waals surface area contributed by atoms with E-state index in [1.807, 2.05) is 30.0 Å². The number of para-hydroxylation sites is 2. The zero-order valence-electron chi connectivity index (χ0n) is 15.2. The number of nitrogens with one attached hydrogen (secondary N) is 1. The summed E-state index contributed by atoms with van der Waals surface area (Å²) in [5, 5.41) is 3.41.